The minimum Gasteiger partial charge on any atom is -0.348 e. The van der Waals surface area contributed by atoms with Gasteiger partial charge in [-0.05, 0) is 6.92 Å². The fraction of sp³-hybridized carbons (Fsp3) is 0.444. The summed E-state index contributed by atoms with van der Waals surface area (Å²) in [6.45, 7) is 2.80. The summed E-state index contributed by atoms with van der Waals surface area (Å²) < 4.78 is 1.81. The fourth-order valence-electron chi connectivity index (χ4n) is 1.53. The molecule has 0 aliphatic rings. The molecule has 0 saturated heterocycles. The van der Waals surface area contributed by atoms with E-state index >= 15 is 0 Å². The molecule has 0 bridgehead atoms. The van der Waals surface area contributed by atoms with E-state index in [0.717, 1.165) is 18.1 Å². The summed E-state index contributed by atoms with van der Waals surface area (Å²) in [5, 5.41) is 4.08. The van der Waals surface area contributed by atoms with Gasteiger partial charge in [-0.3, -0.25) is 0 Å². The van der Waals surface area contributed by atoms with Crippen LogP contribution >= 0.6 is 0 Å². The summed E-state index contributed by atoms with van der Waals surface area (Å²) >= 11 is 0. The molecule has 80 valence electrons. The second-order valence-corrected chi connectivity index (χ2v) is 3.32. The molecule has 2 rings (SSSR count). The van der Waals surface area contributed by atoms with Gasteiger partial charge in [0.15, 0.2) is 0 Å². The number of H-pyrrole nitrogens is 1. The first-order valence-corrected chi connectivity index (χ1v) is 4.91. The average Bonchev–Trinajstić information content (AvgIpc) is 2.86. The molecule has 1 atom stereocenters. The quantitative estimate of drug-likeness (QED) is 0.751. The summed E-state index contributed by atoms with van der Waals surface area (Å²) in [4.78, 5) is 11.1. The number of imidazole rings is 1. The number of nitrogens with zero attached hydrogens (tertiary/aromatic N) is 4. The molecule has 0 aromatic carbocycles. The first-order chi connectivity index (χ1) is 7.31. The summed E-state index contributed by atoms with van der Waals surface area (Å²) in [5.74, 6) is 0.812. The van der Waals surface area contributed by atoms with E-state index in [1.165, 1.54) is 6.33 Å². The van der Waals surface area contributed by atoms with E-state index in [2.05, 4.69) is 20.1 Å². The van der Waals surface area contributed by atoms with Crippen LogP contribution in [0, 0.1) is 0 Å². The maximum atomic E-state index is 6.04. The van der Waals surface area contributed by atoms with Crippen molar-refractivity contribution >= 4 is 0 Å². The van der Waals surface area contributed by atoms with E-state index in [4.69, 9.17) is 5.73 Å². The first kappa shape index (κ1) is 9.85. The van der Waals surface area contributed by atoms with Crippen molar-refractivity contribution in [2.24, 2.45) is 5.73 Å². The molecule has 6 nitrogen and oxygen atoms in total. The summed E-state index contributed by atoms with van der Waals surface area (Å²) in [7, 11) is 0. The fourth-order valence-corrected chi connectivity index (χ4v) is 1.53. The van der Waals surface area contributed by atoms with Crippen LogP contribution in [0.2, 0.25) is 0 Å². The van der Waals surface area contributed by atoms with Crippen molar-refractivity contribution in [3.8, 4) is 0 Å². The van der Waals surface area contributed by atoms with Gasteiger partial charge in [-0.2, -0.15) is 5.10 Å². The smallest absolute Gasteiger partial charge is 0.144 e. The van der Waals surface area contributed by atoms with Crippen molar-refractivity contribution < 1.29 is 0 Å². The van der Waals surface area contributed by atoms with Crippen LogP contribution in [0.25, 0.3) is 0 Å². The summed E-state index contributed by atoms with van der Waals surface area (Å²) in [6, 6.07) is -0.145. The molecule has 2 aromatic heterocycles. The van der Waals surface area contributed by atoms with Crippen LogP contribution in [0.5, 0.6) is 0 Å². The van der Waals surface area contributed by atoms with Gasteiger partial charge in [0.05, 0.1) is 12.4 Å². The van der Waals surface area contributed by atoms with Gasteiger partial charge in [0, 0.05) is 24.9 Å². The Hall–Kier alpha value is -1.69. The second kappa shape index (κ2) is 4.22. The molecule has 1 unspecified atom stereocenters. The topological polar surface area (TPSA) is 85.4 Å². The van der Waals surface area contributed by atoms with Crippen LogP contribution < -0.4 is 5.73 Å². The monoisotopic (exact) mass is 206 g/mol. The summed E-state index contributed by atoms with van der Waals surface area (Å²) in [6.07, 6.45) is 5.64. The standard InChI is InChI=1S/C9H14N6/c1-2-15-9(13-6-14-15)8(10)3-7-4-11-5-12-7/h4-6,8H,2-3,10H2,1H3,(H,11,12). The SMILES string of the molecule is CCn1ncnc1C(N)Cc1cnc[nH]1. The number of aryl methyl sites for hydroxylation is 1. The Morgan fingerprint density at radius 3 is 3.13 bits per heavy atom. The van der Waals surface area contributed by atoms with Crippen molar-refractivity contribution in [2.75, 3.05) is 0 Å². The van der Waals surface area contributed by atoms with Crippen molar-refractivity contribution in [3.05, 3.63) is 30.4 Å². The van der Waals surface area contributed by atoms with Crippen LogP contribution in [0.15, 0.2) is 18.9 Å². The number of aromatic nitrogens is 5. The van der Waals surface area contributed by atoms with E-state index in [0.29, 0.717) is 6.42 Å². The predicted octanol–water partition coefficient (Wildman–Crippen LogP) is 0.264. The average molecular weight is 206 g/mol. The molecule has 15 heavy (non-hydrogen) atoms. The Kier molecular flexibility index (Phi) is 2.77. The maximum absolute atomic E-state index is 6.04. The Labute approximate surface area is 87.5 Å². The maximum Gasteiger partial charge on any atom is 0.144 e. The molecular weight excluding hydrogens is 192 g/mol. The zero-order chi connectivity index (χ0) is 10.7. The zero-order valence-corrected chi connectivity index (χ0v) is 8.59. The molecule has 0 fully saturated rings. The largest absolute Gasteiger partial charge is 0.348 e. The Morgan fingerprint density at radius 1 is 1.60 bits per heavy atom. The lowest BCUT2D eigenvalue weighted by Crippen LogP contribution is -2.19. The third-order valence-electron chi connectivity index (χ3n) is 2.27. The van der Waals surface area contributed by atoms with Crippen molar-refractivity contribution in [1.29, 1.82) is 0 Å². The summed E-state index contributed by atoms with van der Waals surface area (Å²) in [5.41, 5.74) is 7.04. The Morgan fingerprint density at radius 2 is 2.47 bits per heavy atom. The molecule has 0 aliphatic heterocycles. The van der Waals surface area contributed by atoms with Crippen molar-refractivity contribution in [1.82, 2.24) is 24.7 Å². The predicted molar refractivity (Wildman–Crippen MR) is 54.9 cm³/mol. The second-order valence-electron chi connectivity index (χ2n) is 3.32. The van der Waals surface area contributed by atoms with Crippen molar-refractivity contribution in [2.45, 2.75) is 25.9 Å². The molecule has 6 heteroatoms. The highest BCUT2D eigenvalue weighted by atomic mass is 15.3. The van der Waals surface area contributed by atoms with Crippen molar-refractivity contribution in [3.63, 3.8) is 0 Å². The number of hydrogen-bond acceptors (Lipinski definition) is 4. The normalized spacial score (nSPS) is 12.9. The van der Waals surface area contributed by atoms with Crippen LogP contribution in [0.4, 0.5) is 0 Å². The minimum absolute atomic E-state index is 0.145. The number of rotatable bonds is 4. The Balaban J connectivity index is 2.11. The molecular formula is C9H14N6. The van der Waals surface area contributed by atoms with Gasteiger partial charge >= 0.3 is 0 Å². The van der Waals surface area contributed by atoms with Crippen LogP contribution in [0.3, 0.4) is 0 Å². The molecule has 2 heterocycles. The Bertz CT molecular complexity index is 404. The zero-order valence-electron chi connectivity index (χ0n) is 8.59. The lowest BCUT2D eigenvalue weighted by Gasteiger charge is -2.10. The number of hydrogen-bond donors (Lipinski definition) is 2. The molecule has 0 spiro atoms. The molecule has 2 aromatic rings. The third-order valence-corrected chi connectivity index (χ3v) is 2.27. The van der Waals surface area contributed by atoms with Gasteiger partial charge in [0.25, 0.3) is 0 Å². The minimum atomic E-state index is -0.145. The van der Waals surface area contributed by atoms with Crippen LogP contribution in [-0.4, -0.2) is 24.7 Å². The number of nitrogens with two attached hydrogens (primary N) is 1. The van der Waals surface area contributed by atoms with E-state index in [-0.39, 0.29) is 6.04 Å². The lowest BCUT2D eigenvalue weighted by atomic mass is 10.1. The van der Waals surface area contributed by atoms with E-state index in [1.807, 2.05) is 6.92 Å². The molecule has 0 radical (unpaired) electrons. The van der Waals surface area contributed by atoms with E-state index in [1.54, 1.807) is 17.2 Å². The van der Waals surface area contributed by atoms with E-state index < -0.39 is 0 Å². The van der Waals surface area contributed by atoms with Crippen LogP contribution in [-0.2, 0) is 13.0 Å². The van der Waals surface area contributed by atoms with Gasteiger partial charge < -0.3 is 10.7 Å². The van der Waals surface area contributed by atoms with Gasteiger partial charge in [-0.1, -0.05) is 0 Å². The molecule has 3 N–H and O–H groups in total. The highest BCUT2D eigenvalue weighted by molar-refractivity contribution is 5.03. The van der Waals surface area contributed by atoms with Gasteiger partial charge in [0.2, 0.25) is 0 Å². The molecule has 0 saturated carbocycles. The van der Waals surface area contributed by atoms with Gasteiger partial charge in [-0.25, -0.2) is 14.6 Å². The number of nitrogens with one attached hydrogen (secondary N) is 1. The molecule has 0 aliphatic carbocycles. The van der Waals surface area contributed by atoms with Gasteiger partial charge in [0.1, 0.15) is 12.2 Å². The highest BCUT2D eigenvalue weighted by Gasteiger charge is 2.13. The third kappa shape index (κ3) is 2.04. The van der Waals surface area contributed by atoms with Gasteiger partial charge in [-0.15, -0.1) is 0 Å². The van der Waals surface area contributed by atoms with Crippen LogP contribution in [0.1, 0.15) is 24.5 Å². The van der Waals surface area contributed by atoms with E-state index in [9.17, 15) is 0 Å². The number of aromatic amines is 1. The highest BCUT2D eigenvalue weighted by Crippen LogP contribution is 2.11. The molecule has 0 amide bonds. The first-order valence-electron chi connectivity index (χ1n) is 4.91. The lowest BCUT2D eigenvalue weighted by molar-refractivity contribution is 0.554.